The number of rotatable bonds is 5. The van der Waals surface area contributed by atoms with Gasteiger partial charge in [0.1, 0.15) is 5.76 Å². The molecule has 0 aliphatic rings. The van der Waals surface area contributed by atoms with Crippen LogP contribution in [0.5, 0.6) is 0 Å². The maximum absolute atomic E-state index is 6.22. The van der Waals surface area contributed by atoms with Gasteiger partial charge in [0.2, 0.25) is 0 Å². The van der Waals surface area contributed by atoms with Crippen molar-refractivity contribution in [3.8, 4) is 0 Å². The maximum Gasteiger partial charge on any atom is 0.135 e. The smallest absolute Gasteiger partial charge is 0.135 e. The van der Waals surface area contributed by atoms with Crippen LogP contribution in [0.1, 0.15) is 24.3 Å². The van der Waals surface area contributed by atoms with Crippen LogP contribution in [0.15, 0.2) is 39.4 Å². The zero-order valence-corrected chi connectivity index (χ0v) is 13.5. The van der Waals surface area contributed by atoms with Gasteiger partial charge in [-0.05, 0) is 52.7 Å². The largest absolute Gasteiger partial charge is 0.466 e. The van der Waals surface area contributed by atoms with E-state index < -0.39 is 0 Å². The summed E-state index contributed by atoms with van der Waals surface area (Å²) in [6.45, 7) is 2.89. The van der Waals surface area contributed by atoms with Crippen LogP contribution in [0.3, 0.4) is 0 Å². The molecule has 19 heavy (non-hydrogen) atoms. The highest BCUT2D eigenvalue weighted by Crippen LogP contribution is 2.32. The molecule has 1 aromatic heterocycles. The Morgan fingerprint density at radius 1 is 1.26 bits per heavy atom. The predicted octanol–water partition coefficient (Wildman–Crippen LogP) is 5.24. The SMILES string of the molecule is CCNC(Cc1c(Cl)cccc1Cl)c1occc1Br. The average molecular weight is 363 g/mol. The van der Waals surface area contributed by atoms with Gasteiger partial charge in [-0.15, -0.1) is 0 Å². The Morgan fingerprint density at radius 3 is 2.47 bits per heavy atom. The second-order valence-corrected chi connectivity index (χ2v) is 5.82. The highest BCUT2D eigenvalue weighted by Gasteiger charge is 2.20. The first-order valence-electron chi connectivity index (χ1n) is 6.02. The lowest BCUT2D eigenvalue weighted by Crippen LogP contribution is -2.23. The third-order valence-electron chi connectivity index (χ3n) is 2.88. The van der Waals surface area contributed by atoms with Crippen LogP contribution in [0.4, 0.5) is 0 Å². The van der Waals surface area contributed by atoms with Crippen molar-refractivity contribution in [3.05, 3.63) is 56.4 Å². The monoisotopic (exact) mass is 361 g/mol. The molecule has 0 fully saturated rings. The first kappa shape index (κ1) is 14.9. The van der Waals surface area contributed by atoms with E-state index in [1.54, 1.807) is 6.26 Å². The Balaban J connectivity index is 2.29. The van der Waals surface area contributed by atoms with Crippen LogP contribution in [0.2, 0.25) is 10.0 Å². The summed E-state index contributed by atoms with van der Waals surface area (Å²) in [7, 11) is 0. The molecule has 2 rings (SSSR count). The van der Waals surface area contributed by atoms with Crippen LogP contribution in [-0.4, -0.2) is 6.54 Å². The van der Waals surface area contributed by atoms with Gasteiger partial charge in [-0.25, -0.2) is 0 Å². The lowest BCUT2D eigenvalue weighted by Gasteiger charge is -2.18. The van der Waals surface area contributed by atoms with E-state index >= 15 is 0 Å². The molecular formula is C14H14BrCl2NO. The van der Waals surface area contributed by atoms with Crippen molar-refractivity contribution in [2.45, 2.75) is 19.4 Å². The fraction of sp³-hybridized carbons (Fsp3) is 0.286. The van der Waals surface area contributed by atoms with E-state index in [1.165, 1.54) is 0 Å². The van der Waals surface area contributed by atoms with Crippen molar-refractivity contribution in [2.24, 2.45) is 0 Å². The molecule has 1 N–H and O–H groups in total. The summed E-state index contributed by atoms with van der Waals surface area (Å²) in [5, 5.41) is 4.75. The molecule has 1 aromatic carbocycles. The zero-order valence-electron chi connectivity index (χ0n) is 10.4. The van der Waals surface area contributed by atoms with Crippen LogP contribution in [0, 0.1) is 0 Å². The fourth-order valence-corrected chi connectivity index (χ4v) is 3.02. The summed E-state index contributed by atoms with van der Waals surface area (Å²) in [5.41, 5.74) is 0.931. The Hall–Kier alpha value is -0.480. The zero-order chi connectivity index (χ0) is 13.8. The summed E-state index contributed by atoms with van der Waals surface area (Å²) < 4.78 is 6.48. The van der Waals surface area contributed by atoms with Crippen molar-refractivity contribution < 1.29 is 4.42 Å². The minimum absolute atomic E-state index is 0.0341. The Morgan fingerprint density at radius 2 is 1.95 bits per heavy atom. The number of nitrogens with one attached hydrogen (secondary N) is 1. The molecule has 1 heterocycles. The minimum atomic E-state index is 0.0341. The molecule has 0 amide bonds. The number of likely N-dealkylation sites (N-methyl/N-ethyl adjacent to an activating group) is 1. The third kappa shape index (κ3) is 3.54. The molecular weight excluding hydrogens is 349 g/mol. The standard InChI is InChI=1S/C14H14BrCl2NO/c1-2-18-13(14-10(15)6-7-19-14)8-9-11(16)4-3-5-12(9)17/h3-7,13,18H,2,8H2,1H3. The number of halogens is 3. The van der Waals surface area contributed by atoms with Gasteiger partial charge in [-0.2, -0.15) is 0 Å². The fourth-order valence-electron chi connectivity index (χ4n) is 1.99. The van der Waals surface area contributed by atoms with Crippen LogP contribution in [-0.2, 0) is 6.42 Å². The average Bonchev–Trinajstić information content (AvgIpc) is 2.79. The summed E-state index contributed by atoms with van der Waals surface area (Å²) in [6, 6.07) is 7.46. The van der Waals surface area contributed by atoms with E-state index in [0.717, 1.165) is 22.3 Å². The van der Waals surface area contributed by atoms with E-state index in [0.29, 0.717) is 16.5 Å². The topological polar surface area (TPSA) is 25.2 Å². The summed E-state index contributed by atoms with van der Waals surface area (Å²) in [5.74, 6) is 0.859. The Kier molecular flexibility index (Phi) is 5.34. The van der Waals surface area contributed by atoms with Crippen LogP contribution in [0.25, 0.3) is 0 Å². The Bertz CT molecular complexity index is 536. The summed E-state index contributed by atoms with van der Waals surface area (Å²) in [6.07, 6.45) is 2.34. The second-order valence-electron chi connectivity index (χ2n) is 4.15. The van der Waals surface area contributed by atoms with E-state index in [2.05, 4.69) is 28.2 Å². The van der Waals surface area contributed by atoms with Gasteiger partial charge in [0.25, 0.3) is 0 Å². The second kappa shape index (κ2) is 6.80. The summed E-state index contributed by atoms with van der Waals surface area (Å²) in [4.78, 5) is 0. The molecule has 0 spiro atoms. The lowest BCUT2D eigenvalue weighted by atomic mass is 10.0. The summed E-state index contributed by atoms with van der Waals surface area (Å²) >= 11 is 15.9. The molecule has 0 saturated heterocycles. The van der Waals surface area contributed by atoms with Crippen molar-refractivity contribution in [3.63, 3.8) is 0 Å². The number of hydrogen-bond acceptors (Lipinski definition) is 2. The molecule has 2 aromatic rings. The normalized spacial score (nSPS) is 12.6. The molecule has 0 radical (unpaired) electrons. The molecule has 102 valence electrons. The van der Waals surface area contributed by atoms with E-state index in [9.17, 15) is 0 Å². The quantitative estimate of drug-likeness (QED) is 0.786. The molecule has 0 aliphatic carbocycles. The van der Waals surface area contributed by atoms with Gasteiger partial charge in [-0.1, -0.05) is 36.2 Å². The van der Waals surface area contributed by atoms with E-state index in [1.807, 2.05) is 24.3 Å². The molecule has 1 atom stereocenters. The molecule has 0 aliphatic heterocycles. The van der Waals surface area contributed by atoms with Gasteiger partial charge in [0, 0.05) is 10.0 Å². The number of benzene rings is 1. The van der Waals surface area contributed by atoms with Crippen LogP contribution >= 0.6 is 39.1 Å². The molecule has 0 bridgehead atoms. The highest BCUT2D eigenvalue weighted by atomic mass is 79.9. The van der Waals surface area contributed by atoms with Crippen LogP contribution < -0.4 is 5.32 Å². The van der Waals surface area contributed by atoms with Crippen molar-refractivity contribution in [2.75, 3.05) is 6.54 Å². The number of furan rings is 1. The molecule has 1 unspecified atom stereocenters. The van der Waals surface area contributed by atoms with Gasteiger partial charge in [0.05, 0.1) is 16.8 Å². The first-order chi connectivity index (χ1) is 9.13. The van der Waals surface area contributed by atoms with Crippen molar-refractivity contribution >= 4 is 39.1 Å². The van der Waals surface area contributed by atoms with Crippen molar-refractivity contribution in [1.82, 2.24) is 5.32 Å². The molecule has 5 heteroatoms. The van der Waals surface area contributed by atoms with Gasteiger partial charge in [0.15, 0.2) is 0 Å². The predicted molar refractivity (Wildman–Crippen MR) is 83.0 cm³/mol. The first-order valence-corrected chi connectivity index (χ1v) is 7.57. The molecule has 0 saturated carbocycles. The van der Waals surface area contributed by atoms with Gasteiger partial charge < -0.3 is 9.73 Å². The maximum atomic E-state index is 6.22. The lowest BCUT2D eigenvalue weighted by molar-refractivity contribution is 0.414. The van der Waals surface area contributed by atoms with E-state index in [-0.39, 0.29) is 6.04 Å². The highest BCUT2D eigenvalue weighted by molar-refractivity contribution is 9.10. The van der Waals surface area contributed by atoms with Gasteiger partial charge in [-0.3, -0.25) is 0 Å². The molecule has 2 nitrogen and oxygen atoms in total. The van der Waals surface area contributed by atoms with Crippen molar-refractivity contribution in [1.29, 1.82) is 0 Å². The third-order valence-corrected chi connectivity index (χ3v) is 4.25. The van der Waals surface area contributed by atoms with Gasteiger partial charge >= 0.3 is 0 Å². The Labute approximate surface area is 131 Å². The number of hydrogen-bond donors (Lipinski definition) is 1. The minimum Gasteiger partial charge on any atom is -0.466 e. The van der Waals surface area contributed by atoms with E-state index in [4.69, 9.17) is 27.6 Å².